The van der Waals surface area contributed by atoms with Gasteiger partial charge in [0.2, 0.25) is 0 Å². The van der Waals surface area contributed by atoms with Crippen molar-refractivity contribution >= 4 is 17.4 Å². The molecule has 0 unspecified atom stereocenters. The van der Waals surface area contributed by atoms with Gasteiger partial charge in [0.05, 0.1) is 6.54 Å². The van der Waals surface area contributed by atoms with Crippen molar-refractivity contribution < 1.29 is 4.79 Å². The van der Waals surface area contributed by atoms with Crippen LogP contribution in [0.4, 0.5) is 16.2 Å². The number of carbonyl (C=O) groups excluding carboxylic acids is 1. The van der Waals surface area contributed by atoms with Crippen molar-refractivity contribution in [3.05, 3.63) is 36.4 Å². The van der Waals surface area contributed by atoms with Gasteiger partial charge in [-0.05, 0) is 31.2 Å². The van der Waals surface area contributed by atoms with E-state index in [0.29, 0.717) is 25.3 Å². The molecule has 2 heterocycles. The van der Waals surface area contributed by atoms with Gasteiger partial charge in [-0.3, -0.25) is 4.90 Å². The van der Waals surface area contributed by atoms with Crippen LogP contribution in [0, 0.1) is 0 Å². The number of nitrogens with two attached hydrogens (primary N) is 1. The Morgan fingerprint density at radius 3 is 2.71 bits per heavy atom. The maximum Gasteiger partial charge on any atom is 0.325 e. The zero-order chi connectivity index (χ0) is 14.8. The van der Waals surface area contributed by atoms with Gasteiger partial charge in [0.15, 0.2) is 0 Å². The zero-order valence-electron chi connectivity index (χ0n) is 11.9. The topological polar surface area (TPSA) is 80.3 Å². The van der Waals surface area contributed by atoms with Crippen LogP contribution in [0.2, 0.25) is 0 Å². The summed E-state index contributed by atoms with van der Waals surface area (Å²) in [6.07, 6.45) is 1.52. The Morgan fingerprint density at radius 2 is 2.00 bits per heavy atom. The second kappa shape index (κ2) is 5.43. The van der Waals surface area contributed by atoms with Crippen molar-refractivity contribution in [1.29, 1.82) is 0 Å². The monoisotopic (exact) mass is 286 g/mol. The van der Waals surface area contributed by atoms with E-state index < -0.39 is 0 Å². The number of anilines is 2. The van der Waals surface area contributed by atoms with Crippen molar-refractivity contribution in [2.45, 2.75) is 20.0 Å². The largest absolute Gasteiger partial charge is 0.399 e. The standard InChI is InChI=1S/C14H18N6O/c1-2-20-13(16-10-17-20)9-18-7-8-19(14(18)21)12-5-3-11(15)4-6-12/h3-6,10H,2,7-9,15H2,1H3. The Balaban J connectivity index is 1.73. The van der Waals surface area contributed by atoms with Gasteiger partial charge in [-0.1, -0.05) is 0 Å². The minimum absolute atomic E-state index is 0.00887. The average Bonchev–Trinajstić information content (AvgIpc) is 3.08. The summed E-state index contributed by atoms with van der Waals surface area (Å²) in [6.45, 7) is 4.59. The van der Waals surface area contributed by atoms with Crippen LogP contribution in [0.1, 0.15) is 12.7 Å². The Hall–Kier alpha value is -2.57. The van der Waals surface area contributed by atoms with E-state index >= 15 is 0 Å². The van der Waals surface area contributed by atoms with Crippen LogP contribution >= 0.6 is 0 Å². The van der Waals surface area contributed by atoms with Gasteiger partial charge in [0.1, 0.15) is 12.2 Å². The van der Waals surface area contributed by atoms with Crippen LogP contribution in [-0.4, -0.2) is 38.8 Å². The van der Waals surface area contributed by atoms with E-state index in [-0.39, 0.29) is 6.03 Å². The van der Waals surface area contributed by atoms with Gasteiger partial charge in [-0.25, -0.2) is 14.5 Å². The van der Waals surface area contributed by atoms with Gasteiger partial charge in [-0.2, -0.15) is 5.10 Å². The van der Waals surface area contributed by atoms with Crippen LogP contribution in [0.5, 0.6) is 0 Å². The minimum Gasteiger partial charge on any atom is -0.399 e. The molecular formula is C14H18N6O. The number of carbonyl (C=O) groups is 1. The van der Waals surface area contributed by atoms with Crippen molar-refractivity contribution in [2.75, 3.05) is 23.7 Å². The first-order chi connectivity index (χ1) is 10.2. The van der Waals surface area contributed by atoms with Crippen molar-refractivity contribution in [2.24, 2.45) is 0 Å². The predicted molar refractivity (Wildman–Crippen MR) is 79.7 cm³/mol. The maximum absolute atomic E-state index is 12.5. The first-order valence-electron chi connectivity index (χ1n) is 6.97. The summed E-state index contributed by atoms with van der Waals surface area (Å²) in [7, 11) is 0. The van der Waals surface area contributed by atoms with Crippen molar-refractivity contribution in [1.82, 2.24) is 19.7 Å². The number of benzene rings is 1. The van der Waals surface area contributed by atoms with Gasteiger partial charge in [-0.15, -0.1) is 0 Å². The van der Waals surface area contributed by atoms with E-state index in [2.05, 4.69) is 10.1 Å². The molecule has 1 fully saturated rings. The second-order valence-corrected chi connectivity index (χ2v) is 4.94. The van der Waals surface area contributed by atoms with Gasteiger partial charge < -0.3 is 10.6 Å². The summed E-state index contributed by atoms with van der Waals surface area (Å²) in [5, 5.41) is 4.13. The van der Waals surface area contributed by atoms with Crippen LogP contribution in [0.15, 0.2) is 30.6 Å². The molecule has 0 spiro atoms. The highest BCUT2D eigenvalue weighted by molar-refractivity contribution is 5.94. The molecule has 0 atom stereocenters. The SMILES string of the molecule is CCn1ncnc1CN1CCN(c2ccc(N)cc2)C1=O. The summed E-state index contributed by atoms with van der Waals surface area (Å²) in [6, 6.07) is 7.33. The smallest absolute Gasteiger partial charge is 0.325 e. The number of hydrogen-bond donors (Lipinski definition) is 1. The van der Waals surface area contributed by atoms with Crippen LogP contribution in [0.3, 0.4) is 0 Å². The van der Waals surface area contributed by atoms with E-state index in [1.807, 2.05) is 19.1 Å². The number of amides is 2. The fraction of sp³-hybridized carbons (Fsp3) is 0.357. The second-order valence-electron chi connectivity index (χ2n) is 4.94. The van der Waals surface area contributed by atoms with Crippen LogP contribution in [0.25, 0.3) is 0 Å². The molecule has 21 heavy (non-hydrogen) atoms. The van der Waals surface area contributed by atoms with E-state index in [0.717, 1.165) is 18.1 Å². The van der Waals surface area contributed by atoms with E-state index in [1.54, 1.807) is 26.6 Å². The number of nitrogen functional groups attached to an aromatic ring is 1. The average molecular weight is 286 g/mol. The summed E-state index contributed by atoms with van der Waals surface area (Å²) in [5.41, 5.74) is 7.24. The third-order valence-corrected chi connectivity index (χ3v) is 3.63. The predicted octanol–water partition coefficient (Wildman–Crippen LogP) is 1.32. The maximum atomic E-state index is 12.5. The number of urea groups is 1. The Labute approximate surface area is 123 Å². The Morgan fingerprint density at radius 1 is 1.24 bits per heavy atom. The summed E-state index contributed by atoms with van der Waals surface area (Å²) in [4.78, 5) is 20.2. The highest BCUT2D eigenvalue weighted by atomic mass is 16.2. The first-order valence-corrected chi connectivity index (χ1v) is 6.97. The van der Waals surface area contributed by atoms with E-state index in [9.17, 15) is 4.79 Å². The molecule has 1 saturated heterocycles. The molecule has 0 radical (unpaired) electrons. The molecular weight excluding hydrogens is 268 g/mol. The lowest BCUT2D eigenvalue weighted by atomic mass is 10.2. The lowest BCUT2D eigenvalue weighted by Gasteiger charge is -2.18. The fourth-order valence-electron chi connectivity index (χ4n) is 2.47. The number of nitrogens with zero attached hydrogens (tertiary/aromatic N) is 5. The number of rotatable bonds is 4. The van der Waals surface area contributed by atoms with Crippen molar-refractivity contribution in [3.63, 3.8) is 0 Å². The van der Waals surface area contributed by atoms with Gasteiger partial charge in [0.25, 0.3) is 0 Å². The minimum atomic E-state index is -0.00887. The molecule has 7 nitrogen and oxygen atoms in total. The molecule has 2 N–H and O–H groups in total. The molecule has 3 rings (SSSR count). The lowest BCUT2D eigenvalue weighted by molar-refractivity contribution is 0.216. The zero-order valence-corrected chi connectivity index (χ0v) is 11.9. The molecule has 0 saturated carbocycles. The van der Waals surface area contributed by atoms with E-state index in [1.165, 1.54) is 6.33 Å². The van der Waals surface area contributed by atoms with Gasteiger partial charge in [0, 0.05) is 31.0 Å². The summed E-state index contributed by atoms with van der Waals surface area (Å²) >= 11 is 0. The third-order valence-electron chi connectivity index (χ3n) is 3.63. The molecule has 0 bridgehead atoms. The van der Waals surface area contributed by atoms with Crippen LogP contribution in [-0.2, 0) is 13.1 Å². The lowest BCUT2D eigenvalue weighted by Crippen LogP contribution is -2.32. The van der Waals surface area contributed by atoms with Gasteiger partial charge >= 0.3 is 6.03 Å². The number of aryl methyl sites for hydroxylation is 1. The number of hydrogen-bond acceptors (Lipinski definition) is 4. The number of aromatic nitrogens is 3. The molecule has 2 aromatic rings. The third kappa shape index (κ3) is 2.54. The van der Waals surface area contributed by atoms with E-state index in [4.69, 9.17) is 5.73 Å². The Bertz CT molecular complexity index is 635. The molecule has 1 aromatic carbocycles. The molecule has 7 heteroatoms. The molecule has 0 aliphatic carbocycles. The highest BCUT2D eigenvalue weighted by Gasteiger charge is 2.30. The highest BCUT2D eigenvalue weighted by Crippen LogP contribution is 2.22. The molecule has 1 aromatic heterocycles. The quantitative estimate of drug-likeness (QED) is 0.860. The molecule has 1 aliphatic heterocycles. The molecule has 110 valence electrons. The normalized spacial score (nSPS) is 15.0. The van der Waals surface area contributed by atoms with Crippen LogP contribution < -0.4 is 10.6 Å². The summed E-state index contributed by atoms with van der Waals surface area (Å²) < 4.78 is 1.80. The molecule has 1 aliphatic rings. The fourth-order valence-corrected chi connectivity index (χ4v) is 2.47. The summed E-state index contributed by atoms with van der Waals surface area (Å²) in [5.74, 6) is 0.810. The van der Waals surface area contributed by atoms with Crippen molar-refractivity contribution in [3.8, 4) is 0 Å². The Kier molecular flexibility index (Phi) is 3.47. The molecule has 2 amide bonds. The first kappa shape index (κ1) is 13.4.